The molecule has 0 bridgehead atoms. The molecule has 17 heavy (non-hydrogen) atoms. The number of ether oxygens (including phenoxy) is 1. The van der Waals surface area contributed by atoms with Gasteiger partial charge in [0.1, 0.15) is 6.10 Å². The first-order valence-corrected chi connectivity index (χ1v) is 5.98. The van der Waals surface area contributed by atoms with E-state index in [0.29, 0.717) is 12.2 Å². The minimum atomic E-state index is -0.373. The molecule has 0 aliphatic rings. The predicted molar refractivity (Wildman–Crippen MR) is 70.4 cm³/mol. The molecule has 0 N–H and O–H groups in total. The molecule has 0 aliphatic carbocycles. The van der Waals surface area contributed by atoms with Gasteiger partial charge >= 0.3 is 0 Å². The number of hydrogen-bond donors (Lipinski definition) is 0. The minimum Gasteiger partial charge on any atom is -0.370 e. The van der Waals surface area contributed by atoms with E-state index >= 15 is 0 Å². The van der Waals surface area contributed by atoms with Crippen LogP contribution in [0.15, 0.2) is 36.9 Å². The van der Waals surface area contributed by atoms with E-state index in [1.54, 1.807) is 6.92 Å². The van der Waals surface area contributed by atoms with Crippen molar-refractivity contribution in [2.75, 3.05) is 6.61 Å². The van der Waals surface area contributed by atoms with Gasteiger partial charge in [-0.05, 0) is 26.7 Å². The fraction of sp³-hybridized carbons (Fsp3) is 0.400. The van der Waals surface area contributed by atoms with Crippen molar-refractivity contribution in [1.82, 2.24) is 0 Å². The Balaban J connectivity index is 2.46. The number of benzene rings is 1. The standard InChI is InChI=1S/C15H20O2/c1-4-5-6-11-17-13(3)15(16)14-9-7-12(2)8-10-14/h4,7-10,13H,1,5-6,11H2,2-3H3. The Bertz CT molecular complexity index is 365. The number of carbonyl (C=O) groups excluding carboxylic acids is 1. The summed E-state index contributed by atoms with van der Waals surface area (Å²) < 4.78 is 5.49. The van der Waals surface area contributed by atoms with Crippen LogP contribution in [0.25, 0.3) is 0 Å². The van der Waals surface area contributed by atoms with Crippen LogP contribution in [0.4, 0.5) is 0 Å². The molecule has 1 rings (SSSR count). The third kappa shape index (κ3) is 4.53. The van der Waals surface area contributed by atoms with Gasteiger partial charge < -0.3 is 4.74 Å². The molecule has 2 heteroatoms. The lowest BCUT2D eigenvalue weighted by Crippen LogP contribution is -2.21. The van der Waals surface area contributed by atoms with E-state index in [9.17, 15) is 4.79 Å². The highest BCUT2D eigenvalue weighted by Gasteiger charge is 2.14. The lowest BCUT2D eigenvalue weighted by molar-refractivity contribution is 0.0471. The van der Waals surface area contributed by atoms with Gasteiger partial charge in [0, 0.05) is 12.2 Å². The molecule has 0 fully saturated rings. The van der Waals surface area contributed by atoms with E-state index < -0.39 is 0 Å². The largest absolute Gasteiger partial charge is 0.370 e. The van der Waals surface area contributed by atoms with Gasteiger partial charge in [-0.1, -0.05) is 35.9 Å². The number of Topliss-reactive ketones (excluding diaryl/α,β-unsaturated/α-hetero) is 1. The summed E-state index contributed by atoms with van der Waals surface area (Å²) in [5.74, 6) is 0.0450. The highest BCUT2D eigenvalue weighted by molar-refractivity contribution is 5.99. The second-order valence-corrected chi connectivity index (χ2v) is 4.17. The normalized spacial score (nSPS) is 12.1. The second-order valence-electron chi connectivity index (χ2n) is 4.17. The summed E-state index contributed by atoms with van der Waals surface area (Å²) in [4.78, 5) is 12.0. The van der Waals surface area contributed by atoms with Crippen LogP contribution in [0.5, 0.6) is 0 Å². The van der Waals surface area contributed by atoms with Crippen LogP contribution in [0.1, 0.15) is 35.7 Å². The Morgan fingerprint density at radius 3 is 2.65 bits per heavy atom. The maximum Gasteiger partial charge on any atom is 0.191 e. The van der Waals surface area contributed by atoms with Gasteiger partial charge in [0.2, 0.25) is 0 Å². The highest BCUT2D eigenvalue weighted by atomic mass is 16.5. The fourth-order valence-electron chi connectivity index (χ4n) is 1.52. The van der Waals surface area contributed by atoms with Crippen molar-refractivity contribution in [3.63, 3.8) is 0 Å². The van der Waals surface area contributed by atoms with E-state index in [-0.39, 0.29) is 11.9 Å². The lowest BCUT2D eigenvalue weighted by Gasteiger charge is -2.11. The van der Waals surface area contributed by atoms with E-state index in [1.165, 1.54) is 0 Å². The number of aryl methyl sites for hydroxylation is 1. The number of unbranched alkanes of at least 4 members (excludes halogenated alkanes) is 1. The first-order chi connectivity index (χ1) is 8.15. The average molecular weight is 232 g/mol. The molecule has 1 aromatic carbocycles. The van der Waals surface area contributed by atoms with E-state index in [0.717, 1.165) is 18.4 Å². The van der Waals surface area contributed by atoms with Gasteiger partial charge in [-0.3, -0.25) is 4.79 Å². The van der Waals surface area contributed by atoms with Crippen LogP contribution >= 0.6 is 0 Å². The number of allylic oxidation sites excluding steroid dienone is 1. The van der Waals surface area contributed by atoms with Gasteiger partial charge in [0.05, 0.1) is 0 Å². The van der Waals surface area contributed by atoms with E-state index in [1.807, 2.05) is 37.3 Å². The molecule has 0 saturated heterocycles. The zero-order valence-electron chi connectivity index (χ0n) is 10.6. The summed E-state index contributed by atoms with van der Waals surface area (Å²) in [6.07, 6.45) is 3.32. The van der Waals surface area contributed by atoms with Gasteiger partial charge in [0.15, 0.2) is 5.78 Å². The van der Waals surface area contributed by atoms with Gasteiger partial charge in [-0.2, -0.15) is 0 Å². The summed E-state index contributed by atoms with van der Waals surface area (Å²) in [6, 6.07) is 7.58. The van der Waals surface area contributed by atoms with Crippen LogP contribution in [0.3, 0.4) is 0 Å². The van der Waals surface area contributed by atoms with E-state index in [4.69, 9.17) is 4.74 Å². The van der Waals surface area contributed by atoms with Crippen LogP contribution in [-0.4, -0.2) is 18.5 Å². The van der Waals surface area contributed by atoms with Crippen molar-refractivity contribution in [2.45, 2.75) is 32.8 Å². The molecule has 0 aromatic heterocycles. The Labute approximate surface area is 103 Å². The summed E-state index contributed by atoms with van der Waals surface area (Å²) in [7, 11) is 0. The number of ketones is 1. The first kappa shape index (κ1) is 13.7. The Kier molecular flexibility index (Phi) is 5.64. The first-order valence-electron chi connectivity index (χ1n) is 5.98. The molecule has 0 radical (unpaired) electrons. The Morgan fingerprint density at radius 2 is 2.06 bits per heavy atom. The van der Waals surface area contributed by atoms with E-state index in [2.05, 4.69) is 6.58 Å². The molecular weight excluding hydrogens is 212 g/mol. The molecule has 0 saturated carbocycles. The Morgan fingerprint density at radius 1 is 1.41 bits per heavy atom. The van der Waals surface area contributed by atoms with Crippen LogP contribution < -0.4 is 0 Å². The molecule has 0 spiro atoms. The van der Waals surface area contributed by atoms with Gasteiger partial charge in [-0.25, -0.2) is 0 Å². The SMILES string of the molecule is C=CCCCOC(C)C(=O)c1ccc(C)cc1. The zero-order chi connectivity index (χ0) is 12.7. The minimum absolute atomic E-state index is 0.0450. The average Bonchev–Trinajstić information content (AvgIpc) is 2.34. The second kappa shape index (κ2) is 7.02. The summed E-state index contributed by atoms with van der Waals surface area (Å²) in [5.41, 5.74) is 1.87. The molecule has 92 valence electrons. The Hall–Kier alpha value is -1.41. The molecule has 0 amide bonds. The monoisotopic (exact) mass is 232 g/mol. The number of carbonyl (C=O) groups is 1. The smallest absolute Gasteiger partial charge is 0.191 e. The fourth-order valence-corrected chi connectivity index (χ4v) is 1.52. The van der Waals surface area contributed by atoms with Crippen molar-refractivity contribution < 1.29 is 9.53 Å². The number of rotatable bonds is 7. The van der Waals surface area contributed by atoms with Crippen molar-refractivity contribution >= 4 is 5.78 Å². The topological polar surface area (TPSA) is 26.3 Å². The molecule has 2 nitrogen and oxygen atoms in total. The molecule has 1 atom stereocenters. The van der Waals surface area contributed by atoms with Crippen molar-refractivity contribution in [1.29, 1.82) is 0 Å². The summed E-state index contributed by atoms with van der Waals surface area (Å²) in [6.45, 7) is 8.05. The van der Waals surface area contributed by atoms with Crippen molar-refractivity contribution in [2.24, 2.45) is 0 Å². The lowest BCUT2D eigenvalue weighted by atomic mass is 10.1. The van der Waals surface area contributed by atoms with Crippen molar-refractivity contribution in [3.05, 3.63) is 48.0 Å². The van der Waals surface area contributed by atoms with Gasteiger partial charge in [-0.15, -0.1) is 6.58 Å². The molecular formula is C15H20O2. The van der Waals surface area contributed by atoms with Crippen molar-refractivity contribution in [3.8, 4) is 0 Å². The zero-order valence-corrected chi connectivity index (χ0v) is 10.6. The van der Waals surface area contributed by atoms with Crippen LogP contribution in [-0.2, 0) is 4.74 Å². The molecule has 1 aromatic rings. The molecule has 0 aliphatic heterocycles. The maximum atomic E-state index is 12.0. The molecule has 0 heterocycles. The van der Waals surface area contributed by atoms with Crippen LogP contribution in [0.2, 0.25) is 0 Å². The third-order valence-electron chi connectivity index (χ3n) is 2.63. The molecule has 1 unspecified atom stereocenters. The predicted octanol–water partition coefficient (Wildman–Crippen LogP) is 3.55. The van der Waals surface area contributed by atoms with Crippen LogP contribution in [0, 0.1) is 6.92 Å². The summed E-state index contributed by atoms with van der Waals surface area (Å²) >= 11 is 0. The quantitative estimate of drug-likeness (QED) is 0.408. The summed E-state index contributed by atoms with van der Waals surface area (Å²) in [5, 5.41) is 0. The number of hydrogen-bond acceptors (Lipinski definition) is 2. The highest BCUT2D eigenvalue weighted by Crippen LogP contribution is 2.08. The maximum absolute atomic E-state index is 12.0. The van der Waals surface area contributed by atoms with Gasteiger partial charge in [0.25, 0.3) is 0 Å². The third-order valence-corrected chi connectivity index (χ3v) is 2.63.